The summed E-state index contributed by atoms with van der Waals surface area (Å²) in [6, 6.07) is 9.62. The lowest BCUT2D eigenvalue weighted by Gasteiger charge is -2.34. The van der Waals surface area contributed by atoms with E-state index in [9.17, 15) is 4.79 Å². The van der Waals surface area contributed by atoms with Crippen LogP contribution in [-0.2, 0) is 18.3 Å². The molecule has 4 aromatic heterocycles. The lowest BCUT2D eigenvalue weighted by atomic mass is 10.1. The number of nitrogens with zero attached hydrogens (tertiary/aromatic N) is 7. The molecule has 1 aliphatic rings. The van der Waals surface area contributed by atoms with E-state index in [1.165, 1.54) is 0 Å². The zero-order valence-electron chi connectivity index (χ0n) is 20.3. The molecule has 1 atom stereocenters. The molecule has 5 rings (SSSR count). The Kier molecular flexibility index (Phi) is 6.04. The Morgan fingerprint density at radius 3 is 2.80 bits per heavy atom. The molecular formula is C25H28N8O2. The number of carbonyl (C=O) groups is 1. The van der Waals surface area contributed by atoms with Gasteiger partial charge in [-0.3, -0.25) is 14.5 Å². The van der Waals surface area contributed by atoms with E-state index >= 15 is 0 Å². The van der Waals surface area contributed by atoms with Gasteiger partial charge in [0, 0.05) is 50.4 Å². The summed E-state index contributed by atoms with van der Waals surface area (Å²) in [4.78, 5) is 29.1. The number of nitrogens with one attached hydrogen (secondary N) is 1. The maximum atomic E-state index is 13.5. The number of ether oxygens (including phenoxy) is 1. The fourth-order valence-electron chi connectivity index (χ4n) is 4.42. The molecule has 0 saturated heterocycles. The molecule has 0 spiro atoms. The van der Waals surface area contributed by atoms with Gasteiger partial charge in [0.2, 0.25) is 5.95 Å². The Bertz CT molecular complexity index is 1380. The smallest absolute Gasteiger partial charge is 0.270 e. The lowest BCUT2D eigenvalue weighted by molar-refractivity contribution is 0.0569. The van der Waals surface area contributed by atoms with Crippen molar-refractivity contribution >= 4 is 17.7 Å². The average Bonchev–Trinajstić information content (AvgIpc) is 3.45. The highest BCUT2D eigenvalue weighted by molar-refractivity contribution is 5.95. The molecule has 35 heavy (non-hydrogen) atoms. The van der Waals surface area contributed by atoms with E-state index in [2.05, 4.69) is 20.4 Å². The number of methoxy groups -OCH3 is 1. The zero-order chi connectivity index (χ0) is 24.5. The predicted molar refractivity (Wildman–Crippen MR) is 131 cm³/mol. The molecule has 0 aliphatic carbocycles. The van der Waals surface area contributed by atoms with E-state index in [0.717, 1.165) is 34.0 Å². The van der Waals surface area contributed by atoms with Crippen molar-refractivity contribution in [2.24, 2.45) is 7.05 Å². The van der Waals surface area contributed by atoms with Crippen LogP contribution in [0.5, 0.6) is 0 Å². The normalized spacial score (nSPS) is 15.4. The number of carbonyl (C=O) groups excluding carboxylic acids is 1. The molecule has 1 amide bonds. The van der Waals surface area contributed by atoms with Crippen LogP contribution in [0, 0.1) is 13.8 Å². The largest absolute Gasteiger partial charge is 0.382 e. The summed E-state index contributed by atoms with van der Waals surface area (Å²) in [6.45, 7) is 5.40. The van der Waals surface area contributed by atoms with Gasteiger partial charge in [-0.2, -0.15) is 5.10 Å². The molecule has 0 fully saturated rings. The second kappa shape index (κ2) is 9.30. The summed E-state index contributed by atoms with van der Waals surface area (Å²) in [5.74, 6) is 1.21. The van der Waals surface area contributed by atoms with Gasteiger partial charge in [-0.15, -0.1) is 0 Å². The number of hydrogen-bond donors (Lipinski definition) is 1. The van der Waals surface area contributed by atoms with Crippen molar-refractivity contribution in [2.75, 3.05) is 25.6 Å². The summed E-state index contributed by atoms with van der Waals surface area (Å²) in [6.07, 6.45) is 5.48. The Balaban J connectivity index is 1.48. The number of fused-ring (bicyclic) bond motifs is 1. The van der Waals surface area contributed by atoms with E-state index in [4.69, 9.17) is 9.72 Å². The molecule has 0 saturated carbocycles. The Labute approximate surface area is 203 Å². The third-order valence-corrected chi connectivity index (χ3v) is 6.14. The minimum Gasteiger partial charge on any atom is -0.382 e. The topological polar surface area (TPSA) is 103 Å². The Morgan fingerprint density at radius 1 is 1.20 bits per heavy atom. The van der Waals surface area contributed by atoms with Gasteiger partial charge in [0.1, 0.15) is 11.5 Å². The molecule has 1 aliphatic heterocycles. The number of aryl methyl sites for hydroxylation is 3. The second-order valence-corrected chi connectivity index (χ2v) is 8.78. The number of amides is 1. The van der Waals surface area contributed by atoms with Crippen LogP contribution >= 0.6 is 0 Å². The number of aromatic nitrogens is 6. The van der Waals surface area contributed by atoms with Gasteiger partial charge in [0.15, 0.2) is 0 Å². The standard InChI is InChI=1S/C25H28N8O2/c1-16-11-26-25(29-22-8-9-27-31(22)3)30-23(16)18-10-21-24(34)32(13-19-7-5-6-17(2)28-19)14-20(15-35-4)33(21)12-18/h5-12,20H,13-15H2,1-4H3,(H,26,29,30). The molecule has 5 heterocycles. The van der Waals surface area contributed by atoms with Crippen LogP contribution in [0.15, 0.2) is 48.9 Å². The monoisotopic (exact) mass is 472 g/mol. The first kappa shape index (κ1) is 22.7. The molecular weight excluding hydrogens is 444 g/mol. The number of hydrogen-bond acceptors (Lipinski definition) is 7. The van der Waals surface area contributed by atoms with Crippen molar-refractivity contribution in [3.8, 4) is 11.3 Å². The second-order valence-electron chi connectivity index (χ2n) is 8.78. The van der Waals surface area contributed by atoms with Crippen molar-refractivity contribution in [1.29, 1.82) is 0 Å². The average molecular weight is 473 g/mol. The maximum Gasteiger partial charge on any atom is 0.270 e. The van der Waals surface area contributed by atoms with Gasteiger partial charge in [0.25, 0.3) is 5.91 Å². The van der Waals surface area contributed by atoms with Gasteiger partial charge < -0.3 is 19.5 Å². The minimum atomic E-state index is -0.0353. The van der Waals surface area contributed by atoms with Crippen LogP contribution in [0.2, 0.25) is 0 Å². The molecule has 180 valence electrons. The first-order valence-corrected chi connectivity index (χ1v) is 11.4. The molecule has 4 aromatic rings. The van der Waals surface area contributed by atoms with Crippen LogP contribution < -0.4 is 5.32 Å². The fraction of sp³-hybridized carbons (Fsp3) is 0.320. The molecule has 10 heteroatoms. The molecule has 0 aromatic carbocycles. The van der Waals surface area contributed by atoms with E-state index < -0.39 is 0 Å². The van der Waals surface area contributed by atoms with Crippen molar-refractivity contribution in [3.63, 3.8) is 0 Å². The molecule has 0 bridgehead atoms. The molecule has 1 N–H and O–H groups in total. The number of pyridine rings is 1. The van der Waals surface area contributed by atoms with E-state index in [1.807, 2.05) is 66.9 Å². The zero-order valence-corrected chi connectivity index (χ0v) is 20.3. The molecule has 1 unspecified atom stereocenters. The fourth-order valence-corrected chi connectivity index (χ4v) is 4.42. The summed E-state index contributed by atoms with van der Waals surface area (Å²) in [5, 5.41) is 7.37. The van der Waals surface area contributed by atoms with Gasteiger partial charge in [0.05, 0.1) is 36.8 Å². The SMILES string of the molecule is COCC1CN(Cc2cccc(C)n2)C(=O)c2cc(-c3nc(Nc4ccnn4C)ncc3C)cn21. The molecule has 10 nitrogen and oxygen atoms in total. The number of anilines is 2. The maximum absolute atomic E-state index is 13.5. The highest BCUT2D eigenvalue weighted by atomic mass is 16.5. The van der Waals surface area contributed by atoms with Crippen molar-refractivity contribution < 1.29 is 9.53 Å². The predicted octanol–water partition coefficient (Wildman–Crippen LogP) is 3.28. The van der Waals surface area contributed by atoms with Crippen LogP contribution in [0.4, 0.5) is 11.8 Å². The van der Waals surface area contributed by atoms with Crippen molar-refractivity contribution in [2.45, 2.75) is 26.4 Å². The van der Waals surface area contributed by atoms with E-state index in [-0.39, 0.29) is 11.9 Å². The van der Waals surface area contributed by atoms with Crippen molar-refractivity contribution in [1.82, 2.24) is 34.2 Å². The third-order valence-electron chi connectivity index (χ3n) is 6.14. The van der Waals surface area contributed by atoms with Crippen LogP contribution in [-0.4, -0.2) is 60.4 Å². The number of rotatable bonds is 7. The van der Waals surface area contributed by atoms with Gasteiger partial charge in [-0.25, -0.2) is 9.97 Å². The van der Waals surface area contributed by atoms with Crippen LogP contribution in [0.3, 0.4) is 0 Å². The summed E-state index contributed by atoms with van der Waals surface area (Å²) < 4.78 is 9.23. The third kappa shape index (κ3) is 4.52. The van der Waals surface area contributed by atoms with E-state index in [1.54, 1.807) is 24.2 Å². The minimum absolute atomic E-state index is 0.0135. The summed E-state index contributed by atoms with van der Waals surface area (Å²) >= 11 is 0. The Morgan fingerprint density at radius 2 is 2.06 bits per heavy atom. The van der Waals surface area contributed by atoms with Crippen LogP contribution in [0.1, 0.15) is 33.5 Å². The first-order valence-electron chi connectivity index (χ1n) is 11.4. The summed E-state index contributed by atoms with van der Waals surface area (Å²) in [5.41, 5.74) is 4.95. The Hall–Kier alpha value is -4.05. The van der Waals surface area contributed by atoms with E-state index in [0.29, 0.717) is 31.3 Å². The van der Waals surface area contributed by atoms with Gasteiger partial charge >= 0.3 is 0 Å². The van der Waals surface area contributed by atoms with Crippen LogP contribution in [0.25, 0.3) is 11.3 Å². The quantitative estimate of drug-likeness (QED) is 0.440. The lowest BCUT2D eigenvalue weighted by Crippen LogP contribution is -2.43. The van der Waals surface area contributed by atoms with Gasteiger partial charge in [-0.1, -0.05) is 6.07 Å². The highest BCUT2D eigenvalue weighted by Gasteiger charge is 2.32. The molecule has 0 radical (unpaired) electrons. The summed E-state index contributed by atoms with van der Waals surface area (Å²) in [7, 11) is 3.52. The highest BCUT2D eigenvalue weighted by Crippen LogP contribution is 2.31. The van der Waals surface area contributed by atoms with Gasteiger partial charge in [-0.05, 0) is 37.6 Å². The van der Waals surface area contributed by atoms with Crippen molar-refractivity contribution in [3.05, 3.63) is 71.6 Å². The first-order chi connectivity index (χ1) is 16.9.